The average molecular weight is 571 g/mol. The van der Waals surface area contributed by atoms with Crippen LogP contribution in [0.2, 0.25) is 0 Å². The molecule has 0 aliphatic heterocycles. The summed E-state index contributed by atoms with van der Waals surface area (Å²) in [4.78, 5) is 8.95. The van der Waals surface area contributed by atoms with E-state index in [9.17, 15) is 36.6 Å². The van der Waals surface area contributed by atoms with Gasteiger partial charge in [-0.15, -0.1) is 10.2 Å². The lowest BCUT2D eigenvalue weighted by atomic mass is 10.1. The predicted molar refractivity (Wildman–Crippen MR) is 141 cm³/mol. The van der Waals surface area contributed by atoms with Crippen LogP contribution in [0.5, 0.6) is 5.75 Å². The molecule has 0 radical (unpaired) electrons. The Morgan fingerprint density at radius 1 is 0.821 bits per heavy atom. The molecule has 0 unspecified atom stereocenters. The van der Waals surface area contributed by atoms with Crippen LogP contribution < -0.4 is 5.73 Å². The van der Waals surface area contributed by atoms with Gasteiger partial charge in [-0.1, -0.05) is 18.2 Å². The van der Waals surface area contributed by atoms with E-state index in [4.69, 9.17) is 5.73 Å². The van der Waals surface area contributed by atoms with Crippen molar-refractivity contribution in [3.05, 3.63) is 76.8 Å². The number of anilines is 1. The number of hydrogen-bond acceptors (Lipinski definition) is 12. The third-order valence-electron chi connectivity index (χ3n) is 5.34. The molecule has 0 atom stereocenters. The van der Waals surface area contributed by atoms with Gasteiger partial charge in [-0.25, -0.2) is 8.42 Å². The van der Waals surface area contributed by atoms with E-state index in [0.29, 0.717) is 5.69 Å². The molecule has 4 rings (SSSR count). The zero-order valence-electron chi connectivity index (χ0n) is 19.8. The smallest absolute Gasteiger partial charge is 0.296 e. The molecule has 0 spiro atoms. The Morgan fingerprint density at radius 3 is 1.90 bits per heavy atom. The minimum absolute atomic E-state index is 0.128. The number of hydrogen-bond donors (Lipinski definition) is 3. The summed E-state index contributed by atoms with van der Waals surface area (Å²) in [5.41, 5.74) is 5.03. The Bertz CT molecular complexity index is 1890. The van der Waals surface area contributed by atoms with Crippen molar-refractivity contribution in [2.24, 2.45) is 20.5 Å². The quantitative estimate of drug-likeness (QED) is 0.0834. The van der Waals surface area contributed by atoms with Crippen molar-refractivity contribution in [1.29, 1.82) is 0 Å². The minimum Gasteiger partial charge on any atom is -0.505 e. The van der Waals surface area contributed by atoms with Crippen LogP contribution in [0, 0.1) is 10.1 Å². The molecule has 0 saturated heterocycles. The highest BCUT2D eigenvalue weighted by atomic mass is 32.2. The predicted octanol–water partition coefficient (Wildman–Crippen LogP) is 5.52. The van der Waals surface area contributed by atoms with Crippen molar-refractivity contribution >= 4 is 64.9 Å². The maximum atomic E-state index is 12.6. The van der Waals surface area contributed by atoms with E-state index in [1.165, 1.54) is 24.3 Å². The number of nitro groups is 1. The fourth-order valence-electron chi connectivity index (χ4n) is 3.54. The van der Waals surface area contributed by atoms with Crippen molar-refractivity contribution in [3.8, 4) is 5.75 Å². The second-order valence-electron chi connectivity index (χ2n) is 8.06. The number of nitro benzene ring substituents is 1. The fourth-order valence-corrected chi connectivity index (χ4v) is 5.04. The van der Waals surface area contributed by atoms with Crippen molar-refractivity contribution in [3.63, 3.8) is 0 Å². The van der Waals surface area contributed by atoms with E-state index in [2.05, 4.69) is 20.5 Å². The number of phenolic OH excluding ortho intramolecular Hbond substituents is 1. The highest BCUT2D eigenvalue weighted by molar-refractivity contribution is 7.91. The molecule has 16 heteroatoms. The lowest BCUT2D eigenvalue weighted by Crippen LogP contribution is -2.03. The second-order valence-corrected chi connectivity index (χ2v) is 11.4. The summed E-state index contributed by atoms with van der Waals surface area (Å²) in [5, 5.41) is 37.0. The number of sulfone groups is 1. The SMILES string of the molecule is CS(=O)(=O)c1cc2cc(S(=O)(=O)O)c(/N=N/c3ccccc3)c(O)c2c(N)c1/N=N/c1ccc([N+](=O)[O-])cc1. The Hall–Kier alpha value is -4.80. The number of nitrogens with zero attached hydrogens (tertiary/aromatic N) is 5. The molecule has 39 heavy (non-hydrogen) atoms. The highest BCUT2D eigenvalue weighted by Crippen LogP contribution is 2.48. The van der Waals surface area contributed by atoms with Crippen LogP contribution in [-0.2, 0) is 20.0 Å². The van der Waals surface area contributed by atoms with Crippen LogP contribution in [0.3, 0.4) is 0 Å². The maximum Gasteiger partial charge on any atom is 0.296 e. The Kier molecular flexibility index (Phi) is 7.10. The molecule has 0 heterocycles. The van der Waals surface area contributed by atoms with Crippen molar-refractivity contribution < 1.29 is 31.4 Å². The molecule has 0 bridgehead atoms. The maximum absolute atomic E-state index is 12.6. The van der Waals surface area contributed by atoms with E-state index in [-0.39, 0.29) is 27.8 Å². The van der Waals surface area contributed by atoms with Gasteiger partial charge in [0.05, 0.1) is 32.3 Å². The van der Waals surface area contributed by atoms with E-state index in [1.54, 1.807) is 30.3 Å². The van der Waals surface area contributed by atoms with Gasteiger partial charge >= 0.3 is 0 Å². The van der Waals surface area contributed by atoms with Gasteiger partial charge in [0, 0.05) is 18.4 Å². The van der Waals surface area contributed by atoms with Gasteiger partial charge in [-0.05, 0) is 41.8 Å². The van der Waals surface area contributed by atoms with Gasteiger partial charge in [0.15, 0.2) is 15.6 Å². The van der Waals surface area contributed by atoms with Crippen LogP contribution in [0.4, 0.5) is 34.1 Å². The Morgan fingerprint density at radius 2 is 1.36 bits per heavy atom. The zero-order valence-corrected chi connectivity index (χ0v) is 21.5. The molecule has 0 saturated carbocycles. The van der Waals surface area contributed by atoms with Gasteiger partial charge in [0.1, 0.15) is 16.3 Å². The monoisotopic (exact) mass is 570 g/mol. The molecule has 4 aromatic rings. The number of benzene rings is 4. The van der Waals surface area contributed by atoms with Crippen LogP contribution in [-0.4, -0.2) is 37.7 Å². The molecule has 4 aromatic carbocycles. The lowest BCUT2D eigenvalue weighted by Gasteiger charge is -2.14. The molecule has 0 aromatic heterocycles. The third kappa shape index (κ3) is 5.71. The topological polar surface area (TPSA) is 227 Å². The molecule has 200 valence electrons. The number of phenols is 1. The van der Waals surface area contributed by atoms with Crippen LogP contribution in [0.1, 0.15) is 0 Å². The number of nitrogen functional groups attached to an aromatic ring is 1. The normalized spacial score (nSPS) is 12.5. The molecule has 0 fully saturated rings. The van der Waals surface area contributed by atoms with Crippen LogP contribution >= 0.6 is 0 Å². The number of rotatable bonds is 7. The number of fused-ring (bicyclic) bond motifs is 1. The second kappa shape index (κ2) is 10.2. The highest BCUT2D eigenvalue weighted by Gasteiger charge is 2.27. The van der Waals surface area contributed by atoms with Gasteiger partial charge in [-0.2, -0.15) is 18.6 Å². The van der Waals surface area contributed by atoms with Gasteiger partial charge in [-0.3, -0.25) is 14.7 Å². The first-order chi connectivity index (χ1) is 18.3. The number of non-ortho nitro benzene ring substituents is 1. The van der Waals surface area contributed by atoms with E-state index >= 15 is 0 Å². The zero-order chi connectivity index (χ0) is 28.5. The summed E-state index contributed by atoms with van der Waals surface area (Å²) in [5.74, 6) is -0.816. The Balaban J connectivity index is 1.99. The third-order valence-corrected chi connectivity index (χ3v) is 7.32. The summed E-state index contributed by atoms with van der Waals surface area (Å²) in [7, 11) is -9.02. The first-order valence-corrected chi connectivity index (χ1v) is 14.0. The van der Waals surface area contributed by atoms with Gasteiger partial charge in [0.2, 0.25) is 0 Å². The number of aromatic hydroxyl groups is 1. The average Bonchev–Trinajstić information content (AvgIpc) is 2.86. The Labute approximate surface area is 221 Å². The summed E-state index contributed by atoms with van der Waals surface area (Å²) in [6.07, 6.45) is 0.852. The van der Waals surface area contributed by atoms with Crippen LogP contribution in [0.25, 0.3) is 10.8 Å². The van der Waals surface area contributed by atoms with E-state index < -0.39 is 51.8 Å². The molecule has 4 N–H and O–H groups in total. The first-order valence-electron chi connectivity index (χ1n) is 10.7. The lowest BCUT2D eigenvalue weighted by molar-refractivity contribution is -0.384. The first kappa shape index (κ1) is 27.2. The number of nitrogens with two attached hydrogens (primary N) is 1. The van der Waals surface area contributed by atoms with E-state index in [0.717, 1.165) is 18.4 Å². The molecule has 0 amide bonds. The minimum atomic E-state index is -4.97. The van der Waals surface area contributed by atoms with Crippen molar-refractivity contribution in [2.75, 3.05) is 12.0 Å². The molecule has 14 nitrogen and oxygen atoms in total. The van der Waals surface area contributed by atoms with Gasteiger partial charge < -0.3 is 10.8 Å². The van der Waals surface area contributed by atoms with Crippen LogP contribution in [0.15, 0.2) is 97.0 Å². The standard InChI is InChI=1S/C23H18N6O8S2/c1-38(33,34)17-11-13-12-18(39(35,36)37)22(28-25-14-5-3-2-4-6-14)23(30)19(13)20(24)21(17)27-26-15-7-9-16(10-8-15)29(31)32/h2-12,30H,24H2,1H3,(H,35,36,37)/b27-26+,28-25+. The van der Waals surface area contributed by atoms with Crippen molar-refractivity contribution in [1.82, 2.24) is 0 Å². The number of azo groups is 2. The summed E-state index contributed by atoms with van der Waals surface area (Å²) >= 11 is 0. The molecule has 0 aliphatic carbocycles. The van der Waals surface area contributed by atoms with E-state index in [1.807, 2.05) is 0 Å². The fraction of sp³-hybridized carbons (Fsp3) is 0.0435. The summed E-state index contributed by atoms with van der Waals surface area (Å²) in [6, 6.07) is 14.9. The van der Waals surface area contributed by atoms with Crippen molar-refractivity contribution in [2.45, 2.75) is 9.79 Å². The largest absolute Gasteiger partial charge is 0.505 e. The molecule has 0 aliphatic rings. The molecular formula is C23H18N6O8S2. The molecular weight excluding hydrogens is 552 g/mol. The summed E-state index contributed by atoms with van der Waals surface area (Å²) in [6.45, 7) is 0. The summed E-state index contributed by atoms with van der Waals surface area (Å²) < 4.78 is 59.2. The van der Waals surface area contributed by atoms with Gasteiger partial charge in [0.25, 0.3) is 15.8 Å².